The van der Waals surface area contributed by atoms with E-state index < -0.39 is 5.97 Å². The van der Waals surface area contributed by atoms with E-state index in [2.05, 4.69) is 5.32 Å². The predicted octanol–water partition coefficient (Wildman–Crippen LogP) is 3.98. The standard InChI is InChI=1S/C15H15ClN2O2/c1-8-3-4-13(12(16)5-8)18-10-6-9(2)14(17)11(7-10)15(19)20/h3-7,18H,17H2,1-2H3,(H,19,20). The van der Waals surface area contributed by atoms with E-state index >= 15 is 0 Å². The number of aryl methyl sites for hydroxylation is 2. The minimum atomic E-state index is -1.05. The monoisotopic (exact) mass is 290 g/mol. The van der Waals surface area contributed by atoms with Gasteiger partial charge in [0.2, 0.25) is 0 Å². The first-order chi connectivity index (χ1) is 9.38. The fourth-order valence-electron chi connectivity index (χ4n) is 1.92. The summed E-state index contributed by atoms with van der Waals surface area (Å²) in [6.45, 7) is 3.72. The topological polar surface area (TPSA) is 75.3 Å². The van der Waals surface area contributed by atoms with Crippen LogP contribution in [0.4, 0.5) is 17.1 Å². The molecule has 0 heterocycles. The van der Waals surface area contributed by atoms with E-state index in [1.165, 1.54) is 6.07 Å². The van der Waals surface area contributed by atoms with Gasteiger partial charge in [-0.15, -0.1) is 0 Å². The van der Waals surface area contributed by atoms with E-state index in [-0.39, 0.29) is 11.3 Å². The van der Waals surface area contributed by atoms with Crippen LogP contribution in [0.25, 0.3) is 0 Å². The van der Waals surface area contributed by atoms with Gasteiger partial charge in [0.25, 0.3) is 0 Å². The summed E-state index contributed by atoms with van der Waals surface area (Å²) in [5, 5.41) is 12.8. The number of carboxylic acids is 1. The number of hydrogen-bond acceptors (Lipinski definition) is 3. The van der Waals surface area contributed by atoms with E-state index in [1.54, 1.807) is 13.0 Å². The summed E-state index contributed by atoms with van der Waals surface area (Å²) in [5.74, 6) is -1.05. The molecule has 0 bridgehead atoms. The number of aromatic carboxylic acids is 1. The van der Waals surface area contributed by atoms with E-state index in [1.807, 2.05) is 25.1 Å². The van der Waals surface area contributed by atoms with Crippen LogP contribution in [0, 0.1) is 13.8 Å². The number of carboxylic acid groups (broad SMARTS) is 1. The highest BCUT2D eigenvalue weighted by atomic mass is 35.5. The third kappa shape index (κ3) is 2.86. The van der Waals surface area contributed by atoms with Crippen molar-refractivity contribution in [2.75, 3.05) is 11.1 Å². The first kappa shape index (κ1) is 14.2. The van der Waals surface area contributed by atoms with Crippen LogP contribution in [0.1, 0.15) is 21.5 Å². The second kappa shape index (κ2) is 5.43. The quantitative estimate of drug-likeness (QED) is 0.747. The first-order valence-electron chi connectivity index (χ1n) is 6.05. The molecule has 4 N–H and O–H groups in total. The average molecular weight is 291 g/mol. The Morgan fingerprint density at radius 2 is 1.95 bits per heavy atom. The highest BCUT2D eigenvalue weighted by Gasteiger charge is 2.12. The van der Waals surface area contributed by atoms with E-state index in [9.17, 15) is 4.79 Å². The van der Waals surface area contributed by atoms with Crippen molar-refractivity contribution in [3.05, 3.63) is 52.0 Å². The zero-order valence-electron chi connectivity index (χ0n) is 11.2. The van der Waals surface area contributed by atoms with Gasteiger partial charge >= 0.3 is 5.97 Å². The highest BCUT2D eigenvalue weighted by molar-refractivity contribution is 6.33. The Bertz CT molecular complexity index is 684. The average Bonchev–Trinajstić information content (AvgIpc) is 2.36. The van der Waals surface area contributed by atoms with Crippen molar-refractivity contribution in [1.29, 1.82) is 0 Å². The number of carbonyl (C=O) groups is 1. The predicted molar refractivity (Wildman–Crippen MR) is 82.0 cm³/mol. The minimum Gasteiger partial charge on any atom is -0.478 e. The maximum Gasteiger partial charge on any atom is 0.337 e. The highest BCUT2D eigenvalue weighted by Crippen LogP contribution is 2.29. The molecule has 5 heteroatoms. The van der Waals surface area contributed by atoms with Crippen LogP contribution in [0.2, 0.25) is 5.02 Å². The van der Waals surface area contributed by atoms with Crippen LogP contribution in [-0.2, 0) is 0 Å². The fourth-order valence-corrected chi connectivity index (χ4v) is 2.21. The zero-order valence-corrected chi connectivity index (χ0v) is 12.0. The largest absolute Gasteiger partial charge is 0.478 e. The summed E-state index contributed by atoms with van der Waals surface area (Å²) in [5.41, 5.74) is 9.24. The molecule has 0 aliphatic carbocycles. The van der Waals surface area contributed by atoms with Crippen LogP contribution in [-0.4, -0.2) is 11.1 Å². The minimum absolute atomic E-state index is 0.0794. The maximum atomic E-state index is 11.2. The molecule has 4 nitrogen and oxygen atoms in total. The Kier molecular flexibility index (Phi) is 3.86. The zero-order chi connectivity index (χ0) is 14.9. The van der Waals surface area contributed by atoms with Crippen LogP contribution < -0.4 is 11.1 Å². The molecule has 0 aliphatic rings. The molecule has 0 aliphatic heterocycles. The Morgan fingerprint density at radius 1 is 1.25 bits per heavy atom. The number of nitrogens with one attached hydrogen (secondary N) is 1. The molecule has 0 aromatic heterocycles. The molecule has 0 amide bonds. The lowest BCUT2D eigenvalue weighted by Gasteiger charge is -2.12. The van der Waals surface area contributed by atoms with Crippen LogP contribution >= 0.6 is 11.6 Å². The second-order valence-corrected chi connectivity index (χ2v) is 5.08. The summed E-state index contributed by atoms with van der Waals surface area (Å²) < 4.78 is 0. The molecule has 2 rings (SSSR count). The summed E-state index contributed by atoms with van der Waals surface area (Å²) >= 11 is 6.15. The van der Waals surface area contributed by atoms with Gasteiger partial charge in [-0.1, -0.05) is 17.7 Å². The normalized spacial score (nSPS) is 10.3. The van der Waals surface area contributed by atoms with Gasteiger partial charge in [-0.05, 0) is 49.2 Å². The number of anilines is 3. The Labute approximate surface area is 122 Å². The van der Waals surface area contributed by atoms with E-state index in [0.29, 0.717) is 16.3 Å². The van der Waals surface area contributed by atoms with Crippen molar-refractivity contribution in [3.8, 4) is 0 Å². The van der Waals surface area contributed by atoms with Crippen LogP contribution in [0.15, 0.2) is 30.3 Å². The van der Waals surface area contributed by atoms with Gasteiger partial charge in [0.1, 0.15) is 0 Å². The van der Waals surface area contributed by atoms with Gasteiger partial charge in [-0.2, -0.15) is 0 Å². The maximum absolute atomic E-state index is 11.2. The third-order valence-electron chi connectivity index (χ3n) is 3.02. The lowest BCUT2D eigenvalue weighted by Crippen LogP contribution is -2.05. The molecule has 20 heavy (non-hydrogen) atoms. The number of nitrogen functional groups attached to an aromatic ring is 1. The van der Waals surface area contributed by atoms with Gasteiger partial charge in [0.05, 0.1) is 16.3 Å². The molecule has 0 atom stereocenters. The van der Waals surface area contributed by atoms with Crippen molar-refractivity contribution in [3.63, 3.8) is 0 Å². The summed E-state index contributed by atoms with van der Waals surface area (Å²) in [6, 6.07) is 8.91. The van der Waals surface area contributed by atoms with Gasteiger partial charge < -0.3 is 16.2 Å². The molecule has 0 unspecified atom stereocenters. The summed E-state index contributed by atoms with van der Waals surface area (Å²) in [6.07, 6.45) is 0. The van der Waals surface area contributed by atoms with Crippen molar-refractivity contribution < 1.29 is 9.90 Å². The number of hydrogen-bond donors (Lipinski definition) is 3. The fraction of sp³-hybridized carbons (Fsp3) is 0.133. The van der Waals surface area contributed by atoms with Gasteiger partial charge in [0.15, 0.2) is 0 Å². The molecule has 0 radical (unpaired) electrons. The molecule has 104 valence electrons. The Morgan fingerprint density at radius 3 is 2.55 bits per heavy atom. The molecule has 0 saturated heterocycles. The number of halogens is 1. The third-order valence-corrected chi connectivity index (χ3v) is 3.33. The Balaban J connectivity index is 2.41. The lowest BCUT2D eigenvalue weighted by molar-refractivity contribution is 0.0698. The smallest absolute Gasteiger partial charge is 0.337 e. The number of rotatable bonds is 3. The summed E-state index contributed by atoms with van der Waals surface area (Å²) in [7, 11) is 0. The van der Waals surface area contributed by atoms with Gasteiger partial charge in [-0.3, -0.25) is 0 Å². The van der Waals surface area contributed by atoms with Crippen molar-refractivity contribution in [2.24, 2.45) is 0 Å². The molecule has 2 aromatic rings. The van der Waals surface area contributed by atoms with Gasteiger partial charge in [-0.25, -0.2) is 4.79 Å². The molecule has 0 spiro atoms. The summed E-state index contributed by atoms with van der Waals surface area (Å²) in [4.78, 5) is 11.2. The van der Waals surface area contributed by atoms with Crippen molar-refractivity contribution in [1.82, 2.24) is 0 Å². The molecule has 0 fully saturated rings. The SMILES string of the molecule is Cc1ccc(Nc2cc(C)c(N)c(C(=O)O)c2)c(Cl)c1. The second-order valence-electron chi connectivity index (χ2n) is 4.67. The van der Waals surface area contributed by atoms with E-state index in [4.69, 9.17) is 22.4 Å². The number of nitrogens with two attached hydrogens (primary N) is 1. The van der Waals surface area contributed by atoms with E-state index in [0.717, 1.165) is 11.3 Å². The molecule has 0 saturated carbocycles. The van der Waals surface area contributed by atoms with Gasteiger partial charge in [0, 0.05) is 11.4 Å². The Hall–Kier alpha value is -2.20. The number of benzene rings is 2. The van der Waals surface area contributed by atoms with Crippen LogP contribution in [0.3, 0.4) is 0 Å². The molecule has 2 aromatic carbocycles. The first-order valence-corrected chi connectivity index (χ1v) is 6.43. The van der Waals surface area contributed by atoms with Crippen molar-refractivity contribution >= 4 is 34.6 Å². The molecular weight excluding hydrogens is 276 g/mol. The van der Waals surface area contributed by atoms with Crippen LogP contribution in [0.5, 0.6) is 0 Å². The molecular formula is C15H15ClN2O2. The lowest BCUT2D eigenvalue weighted by atomic mass is 10.1. The van der Waals surface area contributed by atoms with Crippen molar-refractivity contribution in [2.45, 2.75) is 13.8 Å².